The van der Waals surface area contributed by atoms with E-state index < -0.39 is 0 Å². The van der Waals surface area contributed by atoms with Gasteiger partial charge in [0.2, 0.25) is 0 Å². The molecule has 1 aromatic rings. The van der Waals surface area contributed by atoms with Gasteiger partial charge in [-0.2, -0.15) is 0 Å². The van der Waals surface area contributed by atoms with Gasteiger partial charge in [0.15, 0.2) is 0 Å². The van der Waals surface area contributed by atoms with E-state index >= 15 is 0 Å². The molecule has 1 rings (SSSR count). The van der Waals surface area contributed by atoms with E-state index in [1.807, 2.05) is 18.2 Å². The Labute approximate surface area is 76.2 Å². The summed E-state index contributed by atoms with van der Waals surface area (Å²) in [5.41, 5.74) is 0.659. The fraction of sp³-hybridized carbons (Fsp3) is 0.222. The Bertz CT molecular complexity index is 296. The van der Waals surface area contributed by atoms with E-state index in [4.69, 9.17) is 0 Å². The van der Waals surface area contributed by atoms with Crippen LogP contribution in [0.2, 0.25) is 0 Å². The van der Waals surface area contributed by atoms with Crippen LogP contribution >= 0.6 is 0 Å². The maximum absolute atomic E-state index is 10.6. The normalized spacial score (nSPS) is 10.2. The van der Waals surface area contributed by atoms with E-state index in [1.54, 1.807) is 19.1 Å². The van der Waals surface area contributed by atoms with Gasteiger partial charge in [-0.05, 0) is 12.1 Å². The predicted octanol–water partition coefficient (Wildman–Crippen LogP) is 2.64. The maximum Gasteiger partial charge on any atom is 0.336 e. The predicted molar refractivity (Wildman–Crippen MR) is 47.3 cm³/mol. The van der Waals surface area contributed by atoms with Crippen molar-refractivity contribution in [3.63, 3.8) is 0 Å². The third kappa shape index (κ3) is 3.46. The van der Waals surface area contributed by atoms with Crippen LogP contribution in [0.1, 0.15) is 13.3 Å². The molecule has 0 saturated carbocycles. The van der Waals surface area contributed by atoms with Crippen molar-refractivity contribution in [3.8, 4) is 0 Å². The summed E-state index contributed by atoms with van der Waals surface area (Å²) in [6.45, 7) is 1.69. The first kappa shape index (κ1) is 9.38. The van der Waals surface area contributed by atoms with Crippen LogP contribution in [0.15, 0.2) is 40.7 Å². The van der Waals surface area contributed by atoms with E-state index in [1.165, 1.54) is 0 Å². The zero-order valence-electron chi connectivity index (χ0n) is 7.30. The highest BCUT2D eigenvalue weighted by Crippen LogP contribution is 2.09. The van der Waals surface area contributed by atoms with Crippen LogP contribution in [-0.2, 0) is 9.63 Å². The summed E-state index contributed by atoms with van der Waals surface area (Å²) in [7, 11) is 0. The van der Waals surface area contributed by atoms with E-state index in [0.29, 0.717) is 12.1 Å². The second-order valence-electron chi connectivity index (χ2n) is 2.33. The molecule has 0 heterocycles. The quantitative estimate of drug-likeness (QED) is 0.527. The van der Waals surface area contributed by atoms with Gasteiger partial charge in [-0.1, -0.05) is 25.1 Å². The summed E-state index contributed by atoms with van der Waals surface area (Å²) >= 11 is 0. The summed E-state index contributed by atoms with van der Waals surface area (Å²) in [5.74, 6) is -0.389. The molecule has 1 aromatic carbocycles. The van der Waals surface area contributed by atoms with Crippen molar-refractivity contribution in [3.05, 3.63) is 30.3 Å². The fourth-order valence-corrected chi connectivity index (χ4v) is 0.672. The van der Waals surface area contributed by atoms with Crippen molar-refractivity contribution >= 4 is 11.7 Å². The number of nitrogens with zero attached hydrogens (tertiary/aromatic N) is 2. The highest BCUT2D eigenvalue weighted by Gasteiger charge is 1.94. The van der Waals surface area contributed by atoms with Crippen LogP contribution in [0.25, 0.3) is 0 Å². The van der Waals surface area contributed by atoms with Gasteiger partial charge in [-0.25, -0.2) is 4.79 Å². The molecule has 0 aliphatic rings. The maximum atomic E-state index is 10.6. The molecular weight excluding hydrogens is 168 g/mol. The Balaban J connectivity index is 2.45. The Kier molecular flexibility index (Phi) is 3.63. The molecule has 0 atom stereocenters. The molecule has 0 spiro atoms. The van der Waals surface area contributed by atoms with Crippen molar-refractivity contribution in [2.75, 3.05) is 0 Å². The molecular formula is C9H10N2O2. The summed E-state index contributed by atoms with van der Waals surface area (Å²) in [4.78, 5) is 15.0. The zero-order chi connectivity index (χ0) is 9.52. The summed E-state index contributed by atoms with van der Waals surface area (Å²) in [6.07, 6.45) is 0.299. The molecule has 0 saturated heterocycles. The van der Waals surface area contributed by atoms with Gasteiger partial charge in [0.05, 0.1) is 5.69 Å². The van der Waals surface area contributed by atoms with Gasteiger partial charge < -0.3 is 0 Å². The van der Waals surface area contributed by atoms with Gasteiger partial charge in [-0.3, -0.25) is 4.84 Å². The van der Waals surface area contributed by atoms with E-state index in [0.717, 1.165) is 0 Å². The van der Waals surface area contributed by atoms with E-state index in [2.05, 4.69) is 15.2 Å². The molecule has 0 bridgehead atoms. The van der Waals surface area contributed by atoms with Gasteiger partial charge in [0.25, 0.3) is 0 Å². The van der Waals surface area contributed by atoms with Crippen molar-refractivity contribution < 1.29 is 9.63 Å². The SMILES string of the molecule is CCC(=O)ON=Nc1ccccc1. The van der Waals surface area contributed by atoms with Gasteiger partial charge in [0, 0.05) is 11.7 Å². The molecule has 0 fully saturated rings. The van der Waals surface area contributed by atoms with Gasteiger partial charge >= 0.3 is 5.97 Å². The van der Waals surface area contributed by atoms with Crippen LogP contribution in [0.5, 0.6) is 0 Å². The number of carbonyl (C=O) groups is 1. The molecule has 0 aliphatic carbocycles. The summed E-state index contributed by atoms with van der Waals surface area (Å²) in [5, 5.41) is 6.96. The minimum absolute atomic E-state index is 0.299. The lowest BCUT2D eigenvalue weighted by Gasteiger charge is -1.90. The van der Waals surface area contributed by atoms with Crippen LogP contribution < -0.4 is 0 Å². The summed E-state index contributed by atoms with van der Waals surface area (Å²) in [6, 6.07) is 9.07. The third-order valence-corrected chi connectivity index (χ3v) is 1.34. The lowest BCUT2D eigenvalue weighted by Crippen LogP contribution is -1.94. The third-order valence-electron chi connectivity index (χ3n) is 1.34. The van der Waals surface area contributed by atoms with E-state index in [9.17, 15) is 4.79 Å². The Morgan fingerprint density at radius 1 is 1.38 bits per heavy atom. The van der Waals surface area contributed by atoms with Gasteiger partial charge in [0.1, 0.15) is 0 Å². The molecule has 0 radical (unpaired) electrons. The Hall–Kier alpha value is -1.71. The fourth-order valence-electron chi connectivity index (χ4n) is 0.672. The number of rotatable bonds is 3. The van der Waals surface area contributed by atoms with Crippen molar-refractivity contribution in [1.29, 1.82) is 0 Å². The molecule has 0 aromatic heterocycles. The van der Waals surface area contributed by atoms with Crippen LogP contribution in [0, 0.1) is 0 Å². The van der Waals surface area contributed by atoms with Crippen molar-refractivity contribution in [2.45, 2.75) is 13.3 Å². The number of carbonyl (C=O) groups excluding carboxylic acids is 1. The smallest absolute Gasteiger partial charge is 0.300 e. The topological polar surface area (TPSA) is 51.0 Å². The number of hydrogen-bond donors (Lipinski definition) is 0. The van der Waals surface area contributed by atoms with E-state index in [-0.39, 0.29) is 5.97 Å². The second kappa shape index (κ2) is 5.03. The Morgan fingerprint density at radius 3 is 2.69 bits per heavy atom. The van der Waals surface area contributed by atoms with Gasteiger partial charge in [-0.15, -0.1) is 5.11 Å². The Morgan fingerprint density at radius 2 is 2.08 bits per heavy atom. The van der Waals surface area contributed by atoms with Crippen LogP contribution in [0.4, 0.5) is 5.69 Å². The second-order valence-corrected chi connectivity index (χ2v) is 2.33. The molecule has 0 unspecified atom stereocenters. The minimum atomic E-state index is -0.389. The molecule has 0 aliphatic heterocycles. The highest BCUT2D eigenvalue weighted by atomic mass is 16.7. The largest absolute Gasteiger partial charge is 0.336 e. The molecule has 4 heteroatoms. The molecule has 4 nitrogen and oxygen atoms in total. The first-order valence-corrected chi connectivity index (χ1v) is 3.99. The monoisotopic (exact) mass is 178 g/mol. The highest BCUT2D eigenvalue weighted by molar-refractivity contribution is 5.68. The lowest BCUT2D eigenvalue weighted by atomic mass is 10.3. The molecule has 0 N–H and O–H groups in total. The van der Waals surface area contributed by atoms with Crippen molar-refractivity contribution in [2.24, 2.45) is 10.4 Å². The average molecular weight is 178 g/mol. The minimum Gasteiger partial charge on any atom is -0.300 e. The standard InChI is InChI=1S/C9H10N2O2/c1-2-9(12)13-11-10-8-6-4-3-5-7-8/h3-7H,2H2,1H3. The number of hydrogen-bond acceptors (Lipinski definition) is 4. The first-order chi connectivity index (χ1) is 6.33. The number of benzene rings is 1. The molecule has 68 valence electrons. The first-order valence-electron chi connectivity index (χ1n) is 3.99. The average Bonchev–Trinajstić information content (AvgIpc) is 2.19. The zero-order valence-corrected chi connectivity index (χ0v) is 7.30. The van der Waals surface area contributed by atoms with Crippen LogP contribution in [0.3, 0.4) is 0 Å². The lowest BCUT2D eigenvalue weighted by molar-refractivity contribution is -0.144. The molecule has 0 amide bonds. The van der Waals surface area contributed by atoms with Crippen LogP contribution in [-0.4, -0.2) is 5.97 Å². The molecule has 13 heavy (non-hydrogen) atoms. The van der Waals surface area contributed by atoms with Crippen molar-refractivity contribution in [1.82, 2.24) is 0 Å². The summed E-state index contributed by atoms with van der Waals surface area (Å²) < 4.78 is 0.